The summed E-state index contributed by atoms with van der Waals surface area (Å²) in [5, 5.41) is 5.83. The van der Waals surface area contributed by atoms with Crippen LogP contribution in [-0.4, -0.2) is 19.6 Å². The Morgan fingerprint density at radius 1 is 1.05 bits per heavy atom. The third-order valence-corrected chi connectivity index (χ3v) is 5.52. The topological polar surface area (TPSA) is 43.1 Å². The Kier molecular flexibility index (Phi) is 2.58. The molecule has 4 nitrogen and oxygen atoms in total. The first-order chi connectivity index (χ1) is 10.9. The van der Waals surface area contributed by atoms with E-state index in [4.69, 9.17) is 4.98 Å². The maximum Gasteiger partial charge on any atom is 0.182 e. The summed E-state index contributed by atoms with van der Waals surface area (Å²) in [4.78, 5) is 12.0. The van der Waals surface area contributed by atoms with Crippen LogP contribution in [0.2, 0.25) is 0 Å². The summed E-state index contributed by atoms with van der Waals surface area (Å²) in [6.07, 6.45) is 6.67. The highest BCUT2D eigenvalue weighted by Crippen LogP contribution is 2.37. The molecule has 1 aliphatic rings. The van der Waals surface area contributed by atoms with Crippen LogP contribution < -0.4 is 0 Å². The SMILES string of the molecule is c1ccc(-c2nc3c4c5c(sc4ncn3n2)CCCC5)cc1. The number of aromatic nitrogens is 4. The molecule has 3 aromatic heterocycles. The van der Waals surface area contributed by atoms with E-state index in [2.05, 4.69) is 10.1 Å². The first kappa shape index (κ1) is 12.3. The molecule has 0 bridgehead atoms. The highest BCUT2D eigenvalue weighted by molar-refractivity contribution is 7.19. The Bertz CT molecular complexity index is 984. The molecule has 0 saturated carbocycles. The molecule has 22 heavy (non-hydrogen) atoms. The number of thiophene rings is 1. The van der Waals surface area contributed by atoms with E-state index in [0.29, 0.717) is 0 Å². The summed E-state index contributed by atoms with van der Waals surface area (Å²) < 4.78 is 1.83. The molecule has 0 atom stereocenters. The summed E-state index contributed by atoms with van der Waals surface area (Å²) in [6.45, 7) is 0. The van der Waals surface area contributed by atoms with Gasteiger partial charge in [0.15, 0.2) is 11.5 Å². The maximum absolute atomic E-state index is 4.81. The average Bonchev–Trinajstić information content (AvgIpc) is 3.16. The monoisotopic (exact) mass is 306 g/mol. The van der Waals surface area contributed by atoms with E-state index >= 15 is 0 Å². The summed E-state index contributed by atoms with van der Waals surface area (Å²) in [6, 6.07) is 10.1. The van der Waals surface area contributed by atoms with Gasteiger partial charge in [-0.1, -0.05) is 30.3 Å². The van der Waals surface area contributed by atoms with Crippen molar-refractivity contribution in [3.63, 3.8) is 0 Å². The van der Waals surface area contributed by atoms with Crippen LogP contribution in [0, 0.1) is 0 Å². The van der Waals surface area contributed by atoms with Crippen molar-refractivity contribution in [2.75, 3.05) is 0 Å². The van der Waals surface area contributed by atoms with Crippen molar-refractivity contribution in [1.82, 2.24) is 19.6 Å². The number of rotatable bonds is 1. The molecule has 0 radical (unpaired) electrons. The maximum atomic E-state index is 4.81. The van der Waals surface area contributed by atoms with Crippen molar-refractivity contribution >= 4 is 27.2 Å². The van der Waals surface area contributed by atoms with Gasteiger partial charge in [0.1, 0.15) is 11.2 Å². The molecule has 3 heterocycles. The largest absolute Gasteiger partial charge is 0.225 e. The number of hydrogen-bond acceptors (Lipinski definition) is 4. The van der Waals surface area contributed by atoms with Gasteiger partial charge in [-0.3, -0.25) is 0 Å². The van der Waals surface area contributed by atoms with Gasteiger partial charge in [0, 0.05) is 10.4 Å². The minimum absolute atomic E-state index is 0.769. The third-order valence-electron chi connectivity index (χ3n) is 4.32. The van der Waals surface area contributed by atoms with E-state index in [0.717, 1.165) is 28.3 Å². The van der Waals surface area contributed by atoms with Gasteiger partial charge in [-0.05, 0) is 31.2 Å². The van der Waals surface area contributed by atoms with Crippen LogP contribution in [0.4, 0.5) is 0 Å². The minimum atomic E-state index is 0.769. The minimum Gasteiger partial charge on any atom is -0.225 e. The molecule has 1 aromatic carbocycles. The van der Waals surface area contributed by atoms with Crippen LogP contribution in [0.25, 0.3) is 27.3 Å². The molecule has 0 N–H and O–H groups in total. The summed E-state index contributed by atoms with van der Waals surface area (Å²) in [5.41, 5.74) is 3.45. The van der Waals surface area contributed by atoms with E-state index in [1.165, 1.54) is 35.1 Å². The van der Waals surface area contributed by atoms with Gasteiger partial charge in [0.2, 0.25) is 0 Å². The third kappa shape index (κ3) is 1.72. The second-order valence-electron chi connectivity index (χ2n) is 5.71. The molecule has 0 saturated heterocycles. The Balaban J connectivity index is 1.81. The predicted octanol–water partition coefficient (Wildman–Crippen LogP) is 3.88. The normalized spacial score (nSPS) is 14.5. The Morgan fingerprint density at radius 2 is 1.91 bits per heavy atom. The van der Waals surface area contributed by atoms with Gasteiger partial charge in [0.25, 0.3) is 0 Å². The fourth-order valence-electron chi connectivity index (χ4n) is 3.26. The van der Waals surface area contributed by atoms with Crippen molar-refractivity contribution in [2.24, 2.45) is 0 Å². The zero-order chi connectivity index (χ0) is 14.5. The van der Waals surface area contributed by atoms with Gasteiger partial charge < -0.3 is 0 Å². The Labute approximate surface area is 131 Å². The second-order valence-corrected chi connectivity index (χ2v) is 6.79. The fourth-order valence-corrected chi connectivity index (χ4v) is 4.49. The molecular weight excluding hydrogens is 292 g/mol. The van der Waals surface area contributed by atoms with Crippen molar-refractivity contribution in [1.29, 1.82) is 0 Å². The van der Waals surface area contributed by atoms with Crippen LogP contribution in [0.15, 0.2) is 36.7 Å². The summed E-state index contributed by atoms with van der Waals surface area (Å²) in [5.74, 6) is 0.769. The van der Waals surface area contributed by atoms with Crippen molar-refractivity contribution < 1.29 is 0 Å². The lowest BCUT2D eigenvalue weighted by Crippen LogP contribution is -1.99. The Hall–Kier alpha value is -2.27. The lowest BCUT2D eigenvalue weighted by Gasteiger charge is -2.09. The molecule has 0 amide bonds. The average molecular weight is 306 g/mol. The predicted molar refractivity (Wildman–Crippen MR) is 88.2 cm³/mol. The molecular formula is C17H14N4S. The molecule has 108 valence electrons. The number of nitrogens with zero attached hydrogens (tertiary/aromatic N) is 4. The van der Waals surface area contributed by atoms with Gasteiger partial charge in [-0.25, -0.2) is 14.5 Å². The smallest absolute Gasteiger partial charge is 0.182 e. The van der Waals surface area contributed by atoms with Gasteiger partial charge in [-0.15, -0.1) is 16.4 Å². The zero-order valence-corrected chi connectivity index (χ0v) is 12.8. The van der Waals surface area contributed by atoms with Gasteiger partial charge >= 0.3 is 0 Å². The first-order valence-electron chi connectivity index (χ1n) is 7.61. The van der Waals surface area contributed by atoms with E-state index in [1.807, 2.05) is 46.2 Å². The van der Waals surface area contributed by atoms with E-state index in [-0.39, 0.29) is 0 Å². The molecule has 0 unspecified atom stereocenters. The van der Waals surface area contributed by atoms with Crippen molar-refractivity contribution in [3.05, 3.63) is 47.1 Å². The van der Waals surface area contributed by atoms with Crippen molar-refractivity contribution in [2.45, 2.75) is 25.7 Å². The van der Waals surface area contributed by atoms with Gasteiger partial charge in [0.05, 0.1) is 5.39 Å². The van der Waals surface area contributed by atoms with Crippen LogP contribution in [0.1, 0.15) is 23.3 Å². The van der Waals surface area contributed by atoms with Crippen LogP contribution in [0.5, 0.6) is 0 Å². The molecule has 0 spiro atoms. The fraction of sp³-hybridized carbons (Fsp3) is 0.235. The lowest BCUT2D eigenvalue weighted by atomic mass is 9.97. The quantitative estimate of drug-likeness (QED) is 0.536. The second kappa shape index (κ2) is 4.61. The van der Waals surface area contributed by atoms with Gasteiger partial charge in [-0.2, -0.15) is 0 Å². The van der Waals surface area contributed by atoms with Crippen LogP contribution in [-0.2, 0) is 12.8 Å². The van der Waals surface area contributed by atoms with E-state index in [9.17, 15) is 0 Å². The lowest BCUT2D eigenvalue weighted by molar-refractivity contribution is 0.700. The Morgan fingerprint density at radius 3 is 2.82 bits per heavy atom. The molecule has 1 aliphatic carbocycles. The number of fused-ring (bicyclic) bond motifs is 5. The van der Waals surface area contributed by atoms with Crippen molar-refractivity contribution in [3.8, 4) is 11.4 Å². The summed E-state index contributed by atoms with van der Waals surface area (Å²) in [7, 11) is 0. The van der Waals surface area contributed by atoms with Crippen LogP contribution in [0.3, 0.4) is 0 Å². The first-order valence-corrected chi connectivity index (χ1v) is 8.43. The molecule has 5 heteroatoms. The molecule has 5 rings (SSSR count). The highest BCUT2D eigenvalue weighted by atomic mass is 32.1. The number of aryl methyl sites for hydroxylation is 2. The van der Waals surface area contributed by atoms with Crippen LogP contribution >= 0.6 is 11.3 Å². The van der Waals surface area contributed by atoms with E-state index < -0.39 is 0 Å². The molecule has 0 aliphatic heterocycles. The summed E-state index contributed by atoms with van der Waals surface area (Å²) >= 11 is 1.83. The highest BCUT2D eigenvalue weighted by Gasteiger charge is 2.20. The zero-order valence-electron chi connectivity index (χ0n) is 12.0. The van der Waals surface area contributed by atoms with E-state index in [1.54, 1.807) is 6.33 Å². The standard InChI is InChI=1S/C17H14N4S/c1-2-6-11(7-3-1)15-19-16-14-12-8-4-5-9-13(12)22-17(14)18-10-21(16)20-15/h1-3,6-7,10H,4-5,8-9H2. The molecule has 0 fully saturated rings. The molecule has 4 aromatic rings. The number of hydrogen-bond donors (Lipinski definition) is 0. The number of benzene rings is 1.